The van der Waals surface area contributed by atoms with Crippen LogP contribution in [0.2, 0.25) is 0 Å². The summed E-state index contributed by atoms with van der Waals surface area (Å²) >= 11 is 12.7. The number of anilines is 2. The van der Waals surface area contributed by atoms with Crippen LogP contribution in [0.5, 0.6) is 5.88 Å². The van der Waals surface area contributed by atoms with Crippen LogP contribution in [0.25, 0.3) is 5.69 Å². The fourth-order valence-electron chi connectivity index (χ4n) is 5.81. The monoisotopic (exact) mass is 721 g/mol. The van der Waals surface area contributed by atoms with Gasteiger partial charge in [-0.1, -0.05) is 42.8 Å². The van der Waals surface area contributed by atoms with Crippen molar-refractivity contribution in [1.29, 1.82) is 0 Å². The Morgan fingerprint density at radius 3 is 2.34 bits per heavy atom. The van der Waals surface area contributed by atoms with Gasteiger partial charge in [-0.3, -0.25) is 0 Å². The van der Waals surface area contributed by atoms with Crippen molar-refractivity contribution >= 4 is 34.6 Å². The van der Waals surface area contributed by atoms with Gasteiger partial charge in [0.05, 0.1) is 47.6 Å². The Balaban J connectivity index is 1.01. The second-order valence-corrected chi connectivity index (χ2v) is 13.0. The van der Waals surface area contributed by atoms with Crippen LogP contribution < -0.4 is 20.2 Å². The normalized spacial score (nSPS) is 20.7. The molecule has 1 aromatic carbocycles. The Bertz CT molecular complexity index is 1860. The Labute approximate surface area is 301 Å². The van der Waals surface area contributed by atoms with Crippen molar-refractivity contribution in [3.05, 3.63) is 106 Å². The number of halogens is 2. The SMILES string of the molecule is C=C(/C(Cl)=C\C(Cl)=C/C)[C@]1(Cn2nccn2)OC[C@@H](COc2ccc(N3CCN(c4ccc(-n5cnn(C(C)CC)c5=O)cc4)CC3)cn2)O1. The molecule has 3 atom stereocenters. The highest BCUT2D eigenvalue weighted by atomic mass is 35.5. The minimum absolute atomic E-state index is 0.0573. The average molecular weight is 723 g/mol. The summed E-state index contributed by atoms with van der Waals surface area (Å²) in [6, 6.07) is 12.0. The first-order valence-corrected chi connectivity index (χ1v) is 17.3. The molecule has 2 saturated heterocycles. The maximum absolute atomic E-state index is 12.8. The number of ether oxygens (including phenoxy) is 3. The van der Waals surface area contributed by atoms with Gasteiger partial charge in [-0.15, -0.1) is 0 Å². The maximum Gasteiger partial charge on any atom is 0.350 e. The zero-order valence-electron chi connectivity index (χ0n) is 28.4. The quantitative estimate of drug-likeness (QED) is 0.168. The zero-order valence-corrected chi connectivity index (χ0v) is 29.9. The van der Waals surface area contributed by atoms with Gasteiger partial charge in [-0.05, 0) is 56.7 Å². The van der Waals surface area contributed by atoms with Gasteiger partial charge in [-0.2, -0.15) is 20.1 Å². The Morgan fingerprint density at radius 2 is 1.70 bits per heavy atom. The molecule has 5 heterocycles. The van der Waals surface area contributed by atoms with Crippen LogP contribution in [-0.2, 0) is 16.0 Å². The lowest BCUT2D eigenvalue weighted by atomic mass is 10.1. The van der Waals surface area contributed by atoms with E-state index in [0.717, 1.165) is 49.7 Å². The van der Waals surface area contributed by atoms with Gasteiger partial charge >= 0.3 is 5.69 Å². The molecule has 4 aromatic rings. The predicted octanol–water partition coefficient (Wildman–Crippen LogP) is 5.33. The molecule has 3 aromatic heterocycles. The molecule has 0 aliphatic carbocycles. The highest BCUT2D eigenvalue weighted by Gasteiger charge is 2.46. The first kappa shape index (κ1) is 35.4. The topological polar surface area (TPSA) is 118 Å². The summed E-state index contributed by atoms with van der Waals surface area (Å²) in [4.78, 5) is 23.5. The molecule has 2 aliphatic heterocycles. The Kier molecular flexibility index (Phi) is 11.1. The highest BCUT2D eigenvalue weighted by molar-refractivity contribution is 6.35. The maximum atomic E-state index is 12.8. The van der Waals surface area contributed by atoms with E-state index < -0.39 is 11.9 Å². The molecule has 0 bridgehead atoms. The molecule has 264 valence electrons. The predicted molar refractivity (Wildman–Crippen MR) is 193 cm³/mol. The fraction of sp³-hybridized carbons (Fsp3) is 0.400. The van der Waals surface area contributed by atoms with Crippen molar-refractivity contribution in [3.63, 3.8) is 0 Å². The first-order chi connectivity index (χ1) is 24.2. The number of allylic oxidation sites excluding steroid dienone is 3. The van der Waals surface area contributed by atoms with E-state index >= 15 is 0 Å². The number of aromatic nitrogens is 7. The molecule has 0 saturated carbocycles. The van der Waals surface area contributed by atoms with Gasteiger partial charge in [0.1, 0.15) is 25.6 Å². The third kappa shape index (κ3) is 7.81. The molecule has 13 nitrogen and oxygen atoms in total. The number of hydrogen-bond donors (Lipinski definition) is 0. The highest BCUT2D eigenvalue weighted by Crippen LogP contribution is 2.38. The molecule has 6 rings (SSSR count). The minimum Gasteiger partial charge on any atom is -0.475 e. The molecule has 0 N–H and O–H groups in total. The molecular weight excluding hydrogens is 681 g/mol. The van der Waals surface area contributed by atoms with E-state index in [-0.39, 0.29) is 31.5 Å². The number of pyridine rings is 1. The first-order valence-electron chi connectivity index (χ1n) is 16.6. The van der Waals surface area contributed by atoms with E-state index in [1.54, 1.807) is 35.4 Å². The summed E-state index contributed by atoms with van der Waals surface area (Å²) < 4.78 is 21.6. The largest absolute Gasteiger partial charge is 0.475 e. The van der Waals surface area contributed by atoms with Crippen molar-refractivity contribution < 1.29 is 14.2 Å². The Hall–Kier alpha value is -4.43. The van der Waals surface area contributed by atoms with E-state index in [1.807, 2.05) is 51.2 Å². The fourth-order valence-corrected chi connectivity index (χ4v) is 6.23. The van der Waals surface area contributed by atoms with Crippen LogP contribution in [0.15, 0.2) is 100 Å². The third-order valence-corrected chi connectivity index (χ3v) is 9.61. The standard InChI is InChI=1S/C35H41Cl2N9O4/c1-5-25(3)46-34(47)44(24-41-46)29-9-7-28(8-10-29)42-15-17-43(18-16-42)30-11-12-33(38-20-30)48-21-31-22-49-35(50-31,23-45-39-13-14-40-45)26(4)32(37)19-27(36)6-2/h6-14,19-20,24-25,31H,4-5,15-18,21-23H2,1-3H3/b27-6+,32-19+/t25?,31-,35-/m1/s1. The lowest BCUT2D eigenvalue weighted by Gasteiger charge is -2.37. The molecule has 50 heavy (non-hydrogen) atoms. The number of nitrogens with zero attached hydrogens (tertiary/aromatic N) is 9. The summed E-state index contributed by atoms with van der Waals surface area (Å²) in [6.45, 7) is 14.0. The number of hydrogen-bond acceptors (Lipinski definition) is 10. The molecule has 0 spiro atoms. The van der Waals surface area contributed by atoms with Crippen molar-refractivity contribution in [3.8, 4) is 11.6 Å². The van der Waals surface area contributed by atoms with Crippen molar-refractivity contribution in [2.45, 2.75) is 51.7 Å². The minimum atomic E-state index is -1.30. The van der Waals surface area contributed by atoms with Crippen molar-refractivity contribution in [1.82, 2.24) is 34.3 Å². The number of benzene rings is 1. The summed E-state index contributed by atoms with van der Waals surface area (Å²) in [7, 11) is 0. The van der Waals surface area contributed by atoms with Crippen LogP contribution in [0.1, 0.15) is 33.2 Å². The van der Waals surface area contributed by atoms with Crippen molar-refractivity contribution in [2.75, 3.05) is 49.2 Å². The summed E-state index contributed by atoms with van der Waals surface area (Å²) in [6.07, 6.45) is 10.3. The summed E-state index contributed by atoms with van der Waals surface area (Å²) in [5.74, 6) is -0.822. The van der Waals surface area contributed by atoms with E-state index in [1.165, 1.54) is 9.48 Å². The van der Waals surface area contributed by atoms with Crippen LogP contribution in [0.3, 0.4) is 0 Å². The van der Waals surface area contributed by atoms with E-state index in [0.29, 0.717) is 21.5 Å². The Morgan fingerprint density at radius 1 is 1.04 bits per heavy atom. The average Bonchev–Trinajstić information content (AvgIpc) is 3.91. The van der Waals surface area contributed by atoms with Gasteiger partial charge < -0.3 is 24.0 Å². The number of rotatable bonds is 13. The van der Waals surface area contributed by atoms with Crippen molar-refractivity contribution in [2.24, 2.45) is 0 Å². The molecule has 0 amide bonds. The van der Waals surface area contributed by atoms with Gasteiger partial charge in [0, 0.05) is 48.5 Å². The van der Waals surface area contributed by atoms with Gasteiger partial charge in [-0.25, -0.2) is 19.0 Å². The van der Waals surface area contributed by atoms with Gasteiger partial charge in [0.25, 0.3) is 0 Å². The van der Waals surface area contributed by atoms with E-state index in [2.05, 4.69) is 48.8 Å². The number of piperazine rings is 1. The van der Waals surface area contributed by atoms with E-state index in [4.69, 9.17) is 37.4 Å². The zero-order chi connectivity index (χ0) is 35.3. The van der Waals surface area contributed by atoms with Gasteiger partial charge in [0.2, 0.25) is 11.7 Å². The molecule has 2 fully saturated rings. The second kappa shape index (κ2) is 15.6. The van der Waals surface area contributed by atoms with E-state index in [9.17, 15) is 4.79 Å². The molecule has 0 radical (unpaired) electrons. The summed E-state index contributed by atoms with van der Waals surface area (Å²) in [5, 5.41) is 13.4. The molecule has 1 unspecified atom stereocenters. The van der Waals surface area contributed by atoms with Crippen LogP contribution in [0.4, 0.5) is 11.4 Å². The molecule has 2 aliphatic rings. The lowest BCUT2D eigenvalue weighted by Crippen LogP contribution is -2.46. The van der Waals surface area contributed by atoms with Crippen LogP contribution >= 0.6 is 23.2 Å². The summed E-state index contributed by atoms with van der Waals surface area (Å²) in [5.41, 5.74) is 3.22. The van der Waals surface area contributed by atoms with Crippen LogP contribution in [-0.4, -0.2) is 85.6 Å². The van der Waals surface area contributed by atoms with Gasteiger partial charge in [0.15, 0.2) is 0 Å². The smallest absolute Gasteiger partial charge is 0.350 e. The second-order valence-electron chi connectivity index (χ2n) is 12.1. The third-order valence-electron chi connectivity index (χ3n) is 8.94. The molecule has 15 heteroatoms. The van der Waals surface area contributed by atoms with Crippen LogP contribution in [0, 0.1) is 0 Å². The molecular formula is C35H41Cl2N9O4. The lowest BCUT2D eigenvalue weighted by molar-refractivity contribution is -0.152.